The Morgan fingerprint density at radius 1 is 1.17 bits per heavy atom. The second kappa shape index (κ2) is 5.18. The van der Waals surface area contributed by atoms with E-state index in [0.717, 1.165) is 16.5 Å². The molecule has 92 valence electrons. The van der Waals surface area contributed by atoms with E-state index < -0.39 is 6.03 Å². The first-order valence-corrected chi connectivity index (χ1v) is 5.48. The van der Waals surface area contributed by atoms with Gasteiger partial charge >= 0.3 is 6.03 Å². The van der Waals surface area contributed by atoms with Crippen LogP contribution in [0.1, 0.15) is 0 Å². The van der Waals surface area contributed by atoms with Crippen LogP contribution in [0, 0.1) is 0 Å². The van der Waals surface area contributed by atoms with Crippen LogP contribution >= 0.6 is 0 Å². The Balaban J connectivity index is 2.34. The van der Waals surface area contributed by atoms with E-state index in [2.05, 4.69) is 15.6 Å². The number of nitrogens with zero attached hydrogens (tertiary/aromatic N) is 1. The van der Waals surface area contributed by atoms with Crippen LogP contribution in [-0.4, -0.2) is 19.0 Å². The van der Waals surface area contributed by atoms with Crippen molar-refractivity contribution < 1.29 is 4.79 Å². The lowest BCUT2D eigenvalue weighted by Crippen LogP contribution is -2.39. The molecule has 0 radical (unpaired) electrons. The molecule has 0 fully saturated rings. The summed E-state index contributed by atoms with van der Waals surface area (Å²) in [6.07, 6.45) is 0. The maximum Gasteiger partial charge on any atom is 0.318 e. The van der Waals surface area contributed by atoms with Gasteiger partial charge in [-0.1, -0.05) is 36.4 Å². The molecule has 0 atom stereocenters. The maximum absolute atomic E-state index is 10.8. The number of urea groups is 1. The fourth-order valence-corrected chi connectivity index (χ4v) is 1.72. The van der Waals surface area contributed by atoms with Crippen molar-refractivity contribution in [1.29, 1.82) is 0 Å². The van der Waals surface area contributed by atoms with Crippen molar-refractivity contribution in [3.8, 4) is 0 Å². The monoisotopic (exact) mass is 242 g/mol. The molecule has 0 heterocycles. The summed E-state index contributed by atoms with van der Waals surface area (Å²) in [6.45, 7) is 0. The standard InChI is InChI=1S/C13H14N4O/c1-15-13(17-12(14)18)16-11-8-4-6-9-5-2-3-7-10(9)11/h2-8H,1H3,(H4,14,15,16,17,18). The van der Waals surface area contributed by atoms with E-state index in [-0.39, 0.29) is 0 Å². The van der Waals surface area contributed by atoms with E-state index in [1.165, 1.54) is 0 Å². The first kappa shape index (κ1) is 11.9. The number of hydrogen-bond acceptors (Lipinski definition) is 2. The average Bonchev–Trinajstić information content (AvgIpc) is 2.38. The second-order valence-electron chi connectivity index (χ2n) is 3.71. The third-order valence-electron chi connectivity index (χ3n) is 2.51. The molecule has 0 aromatic heterocycles. The number of nitrogens with two attached hydrogens (primary N) is 1. The Morgan fingerprint density at radius 2 is 1.89 bits per heavy atom. The molecule has 0 aliphatic carbocycles. The van der Waals surface area contributed by atoms with Crippen LogP contribution in [-0.2, 0) is 0 Å². The van der Waals surface area contributed by atoms with Crippen molar-refractivity contribution in [3.05, 3.63) is 42.5 Å². The quantitative estimate of drug-likeness (QED) is 0.527. The van der Waals surface area contributed by atoms with Gasteiger partial charge in [-0.3, -0.25) is 10.3 Å². The Hall–Kier alpha value is -2.56. The summed E-state index contributed by atoms with van der Waals surface area (Å²) in [5.74, 6) is 0.318. The van der Waals surface area contributed by atoms with Crippen molar-refractivity contribution in [2.75, 3.05) is 12.4 Å². The molecule has 2 aromatic rings. The highest BCUT2D eigenvalue weighted by atomic mass is 16.2. The first-order chi connectivity index (χ1) is 8.70. The van der Waals surface area contributed by atoms with E-state index in [9.17, 15) is 4.79 Å². The van der Waals surface area contributed by atoms with E-state index in [1.807, 2.05) is 42.5 Å². The van der Waals surface area contributed by atoms with Gasteiger partial charge in [-0.25, -0.2) is 4.79 Å². The van der Waals surface area contributed by atoms with Crippen LogP contribution in [0.4, 0.5) is 10.5 Å². The van der Waals surface area contributed by atoms with Crippen molar-refractivity contribution in [3.63, 3.8) is 0 Å². The minimum absolute atomic E-state index is 0.318. The zero-order chi connectivity index (χ0) is 13.0. The molecule has 18 heavy (non-hydrogen) atoms. The highest BCUT2D eigenvalue weighted by molar-refractivity contribution is 6.07. The normalized spacial score (nSPS) is 11.3. The number of primary amides is 1. The number of carbonyl (C=O) groups is 1. The van der Waals surface area contributed by atoms with E-state index in [4.69, 9.17) is 5.73 Å². The summed E-state index contributed by atoms with van der Waals surface area (Å²) >= 11 is 0. The molecule has 4 N–H and O–H groups in total. The molecule has 0 unspecified atom stereocenters. The zero-order valence-electron chi connectivity index (χ0n) is 9.97. The van der Waals surface area contributed by atoms with Gasteiger partial charge in [0.15, 0.2) is 0 Å². The molecule has 2 aromatic carbocycles. The summed E-state index contributed by atoms with van der Waals surface area (Å²) < 4.78 is 0. The number of rotatable bonds is 1. The van der Waals surface area contributed by atoms with Crippen molar-refractivity contribution in [2.45, 2.75) is 0 Å². The Labute approximate surface area is 105 Å². The Bertz CT molecular complexity index is 601. The number of nitrogens with one attached hydrogen (secondary N) is 2. The Morgan fingerprint density at radius 3 is 2.61 bits per heavy atom. The number of fused-ring (bicyclic) bond motifs is 1. The van der Waals surface area contributed by atoms with Crippen molar-refractivity contribution in [1.82, 2.24) is 5.32 Å². The molecule has 0 saturated heterocycles. The molecule has 2 rings (SSSR count). The number of amides is 2. The van der Waals surface area contributed by atoms with Gasteiger partial charge in [0.25, 0.3) is 0 Å². The van der Waals surface area contributed by atoms with Crippen LogP contribution < -0.4 is 16.4 Å². The average molecular weight is 242 g/mol. The lowest BCUT2D eigenvalue weighted by molar-refractivity contribution is 0.253. The predicted molar refractivity (Wildman–Crippen MR) is 73.6 cm³/mol. The van der Waals surface area contributed by atoms with E-state index in [0.29, 0.717) is 5.96 Å². The largest absolute Gasteiger partial charge is 0.351 e. The summed E-state index contributed by atoms with van der Waals surface area (Å²) in [5, 5.41) is 7.62. The molecular weight excluding hydrogens is 228 g/mol. The molecule has 0 aliphatic heterocycles. The fraction of sp³-hybridized carbons (Fsp3) is 0.0769. The van der Waals surface area contributed by atoms with Gasteiger partial charge in [-0.15, -0.1) is 0 Å². The van der Waals surface area contributed by atoms with Crippen LogP contribution in [0.2, 0.25) is 0 Å². The van der Waals surface area contributed by atoms with E-state index >= 15 is 0 Å². The third kappa shape index (κ3) is 2.57. The summed E-state index contributed by atoms with van der Waals surface area (Å²) in [5.41, 5.74) is 5.93. The first-order valence-electron chi connectivity index (χ1n) is 5.48. The summed E-state index contributed by atoms with van der Waals surface area (Å²) in [4.78, 5) is 14.7. The summed E-state index contributed by atoms with van der Waals surface area (Å²) in [6, 6.07) is 13.2. The molecule has 5 heteroatoms. The van der Waals surface area contributed by atoms with Crippen LogP contribution in [0.3, 0.4) is 0 Å². The lowest BCUT2D eigenvalue weighted by Gasteiger charge is -2.11. The highest BCUT2D eigenvalue weighted by Crippen LogP contribution is 2.22. The van der Waals surface area contributed by atoms with Gasteiger partial charge in [0.05, 0.1) is 0 Å². The number of aliphatic imine (C=N–C) groups is 1. The van der Waals surface area contributed by atoms with Crippen LogP contribution in [0.25, 0.3) is 10.8 Å². The molecule has 2 amide bonds. The van der Waals surface area contributed by atoms with Gasteiger partial charge < -0.3 is 11.1 Å². The topological polar surface area (TPSA) is 79.5 Å². The second-order valence-corrected chi connectivity index (χ2v) is 3.71. The van der Waals surface area contributed by atoms with Crippen molar-refractivity contribution in [2.24, 2.45) is 10.7 Å². The van der Waals surface area contributed by atoms with E-state index in [1.54, 1.807) is 7.05 Å². The smallest absolute Gasteiger partial charge is 0.318 e. The molecule has 0 saturated carbocycles. The van der Waals surface area contributed by atoms with Crippen molar-refractivity contribution >= 4 is 28.5 Å². The van der Waals surface area contributed by atoms with Gasteiger partial charge in [0.1, 0.15) is 0 Å². The zero-order valence-corrected chi connectivity index (χ0v) is 9.97. The lowest BCUT2D eigenvalue weighted by atomic mass is 10.1. The van der Waals surface area contributed by atoms with Gasteiger partial charge in [-0.2, -0.15) is 0 Å². The number of carbonyl (C=O) groups excluding carboxylic acids is 1. The van der Waals surface area contributed by atoms with Gasteiger partial charge in [0.2, 0.25) is 5.96 Å². The molecular formula is C13H14N4O. The predicted octanol–water partition coefficient (Wildman–Crippen LogP) is 1.91. The van der Waals surface area contributed by atoms with Gasteiger partial charge in [0, 0.05) is 18.1 Å². The number of benzene rings is 2. The Kier molecular flexibility index (Phi) is 3.43. The third-order valence-corrected chi connectivity index (χ3v) is 2.51. The molecule has 5 nitrogen and oxygen atoms in total. The SMILES string of the molecule is CN=C(NC(N)=O)Nc1cccc2ccccc12. The number of anilines is 1. The van der Waals surface area contributed by atoms with Gasteiger partial charge in [-0.05, 0) is 11.5 Å². The fourth-order valence-electron chi connectivity index (χ4n) is 1.72. The molecule has 0 aliphatic rings. The molecule has 0 spiro atoms. The number of hydrogen-bond donors (Lipinski definition) is 3. The maximum atomic E-state index is 10.8. The van der Waals surface area contributed by atoms with Crippen LogP contribution in [0.5, 0.6) is 0 Å². The summed E-state index contributed by atoms with van der Waals surface area (Å²) in [7, 11) is 1.57. The number of guanidine groups is 1. The minimum Gasteiger partial charge on any atom is -0.351 e. The highest BCUT2D eigenvalue weighted by Gasteiger charge is 2.04. The van der Waals surface area contributed by atoms with Crippen LogP contribution in [0.15, 0.2) is 47.5 Å². The molecule has 0 bridgehead atoms. The minimum atomic E-state index is -0.650.